The van der Waals surface area contributed by atoms with Gasteiger partial charge in [-0.05, 0) is 40.7 Å². The number of thiazole rings is 1. The lowest BCUT2D eigenvalue weighted by Gasteiger charge is -2.16. The smallest absolute Gasteiger partial charge is 0.128 e. The number of nitrogens with two attached hydrogens (primary N) is 1. The van der Waals surface area contributed by atoms with Gasteiger partial charge < -0.3 is 10.7 Å². The number of nitrogens with zero attached hydrogens (tertiary/aromatic N) is 1. The third kappa shape index (κ3) is 3.15. The summed E-state index contributed by atoms with van der Waals surface area (Å²) in [5.41, 5.74) is 13.5. The summed E-state index contributed by atoms with van der Waals surface area (Å²) in [6.45, 7) is 8.96. The monoisotopic (exact) mass is 375 g/mol. The van der Waals surface area contributed by atoms with Gasteiger partial charge in [-0.2, -0.15) is 0 Å². The maximum Gasteiger partial charge on any atom is 0.128 e. The Kier molecular flexibility index (Phi) is 4.52. The van der Waals surface area contributed by atoms with Crippen LogP contribution in [-0.4, -0.2) is 9.97 Å². The van der Waals surface area contributed by atoms with E-state index in [1.54, 1.807) is 11.3 Å². The maximum absolute atomic E-state index is 6.35. The maximum atomic E-state index is 6.35. The number of fused-ring (bicyclic) bond motifs is 1. The predicted octanol–water partition coefficient (Wildman–Crippen LogP) is 6.79. The lowest BCUT2D eigenvalue weighted by atomic mass is 9.88. The third-order valence-electron chi connectivity index (χ3n) is 5.07. The molecule has 138 valence electrons. The van der Waals surface area contributed by atoms with E-state index >= 15 is 0 Å². The fraction of sp³-hybridized carbons (Fsp3) is 0.261. The Morgan fingerprint density at radius 3 is 2.44 bits per heavy atom. The van der Waals surface area contributed by atoms with Gasteiger partial charge in [0, 0.05) is 11.8 Å². The molecule has 0 saturated heterocycles. The highest BCUT2D eigenvalue weighted by Crippen LogP contribution is 2.42. The van der Waals surface area contributed by atoms with Crippen molar-refractivity contribution in [1.82, 2.24) is 9.97 Å². The van der Waals surface area contributed by atoms with Gasteiger partial charge in [0.2, 0.25) is 0 Å². The van der Waals surface area contributed by atoms with Crippen molar-refractivity contribution in [3.05, 3.63) is 59.8 Å². The van der Waals surface area contributed by atoms with Crippen LogP contribution in [0.15, 0.2) is 48.7 Å². The van der Waals surface area contributed by atoms with Crippen LogP contribution in [0.2, 0.25) is 0 Å². The van der Waals surface area contributed by atoms with Gasteiger partial charge in [0.15, 0.2) is 0 Å². The van der Waals surface area contributed by atoms with Crippen molar-refractivity contribution >= 4 is 27.4 Å². The van der Waals surface area contributed by atoms with Gasteiger partial charge in [0.05, 0.1) is 15.8 Å². The number of hydrogen-bond donors (Lipinski definition) is 2. The molecule has 0 bridgehead atoms. The lowest BCUT2D eigenvalue weighted by Crippen LogP contribution is -1.97. The number of hydrogen-bond acceptors (Lipinski definition) is 3. The first-order valence-electron chi connectivity index (χ1n) is 9.42. The van der Waals surface area contributed by atoms with Crippen molar-refractivity contribution in [3.8, 4) is 21.7 Å². The average molecular weight is 376 g/mol. The quantitative estimate of drug-likeness (QED) is 0.413. The van der Waals surface area contributed by atoms with Crippen LogP contribution in [0.1, 0.15) is 50.7 Å². The summed E-state index contributed by atoms with van der Waals surface area (Å²) in [5, 5.41) is 0.965. The van der Waals surface area contributed by atoms with Gasteiger partial charge in [-0.1, -0.05) is 58.0 Å². The van der Waals surface area contributed by atoms with Gasteiger partial charge in [-0.3, -0.25) is 0 Å². The van der Waals surface area contributed by atoms with E-state index in [-0.39, 0.29) is 0 Å². The normalized spacial score (nSPS) is 11.8. The van der Waals surface area contributed by atoms with Crippen LogP contribution < -0.4 is 5.73 Å². The molecule has 0 saturated carbocycles. The largest absolute Gasteiger partial charge is 0.385 e. The van der Waals surface area contributed by atoms with E-state index in [0.29, 0.717) is 17.7 Å². The van der Waals surface area contributed by atoms with Gasteiger partial charge in [-0.25, -0.2) is 4.98 Å². The number of nitrogens with one attached hydrogen (secondary N) is 1. The number of nitrogen functional groups attached to an aromatic ring is 1. The molecule has 0 radical (unpaired) electrons. The van der Waals surface area contributed by atoms with Crippen LogP contribution in [0, 0.1) is 0 Å². The molecular weight excluding hydrogens is 350 g/mol. The molecule has 0 aliphatic carbocycles. The molecule has 4 rings (SSSR count). The number of aromatic amines is 1. The van der Waals surface area contributed by atoms with Gasteiger partial charge in [0.1, 0.15) is 10.8 Å². The van der Waals surface area contributed by atoms with Crippen LogP contribution in [0.5, 0.6) is 0 Å². The molecule has 0 aliphatic heterocycles. The molecule has 0 fully saturated rings. The molecule has 0 spiro atoms. The SMILES string of the molecule is CC(C)c1ccc(-c2c[nH]c(N)c2-c2nc3ccccc3s2)c(C(C)C)c1. The highest BCUT2D eigenvalue weighted by molar-refractivity contribution is 7.21. The topological polar surface area (TPSA) is 54.7 Å². The van der Waals surface area contributed by atoms with E-state index < -0.39 is 0 Å². The number of aromatic nitrogens is 2. The molecule has 4 heteroatoms. The number of para-hydroxylation sites is 1. The van der Waals surface area contributed by atoms with E-state index in [0.717, 1.165) is 21.7 Å². The summed E-state index contributed by atoms with van der Waals surface area (Å²) < 4.78 is 1.18. The summed E-state index contributed by atoms with van der Waals surface area (Å²) >= 11 is 1.69. The first-order valence-corrected chi connectivity index (χ1v) is 10.2. The second-order valence-corrected chi connectivity index (χ2v) is 8.66. The standard InChI is InChI=1S/C23H25N3S/c1-13(2)15-9-10-16(17(11-15)14(3)4)18-12-25-22(24)21(18)23-26-19-7-5-6-8-20(19)27-23/h5-14,25H,24H2,1-4H3. The zero-order chi connectivity index (χ0) is 19.1. The predicted molar refractivity (Wildman–Crippen MR) is 117 cm³/mol. The van der Waals surface area contributed by atoms with Crippen molar-refractivity contribution in [1.29, 1.82) is 0 Å². The van der Waals surface area contributed by atoms with E-state index in [1.807, 2.05) is 18.3 Å². The first kappa shape index (κ1) is 17.8. The van der Waals surface area contributed by atoms with Gasteiger partial charge in [0.25, 0.3) is 0 Å². The second-order valence-electron chi connectivity index (χ2n) is 7.63. The molecule has 2 aromatic heterocycles. The van der Waals surface area contributed by atoms with E-state index in [1.165, 1.54) is 21.4 Å². The Morgan fingerprint density at radius 1 is 0.963 bits per heavy atom. The zero-order valence-electron chi connectivity index (χ0n) is 16.2. The van der Waals surface area contributed by atoms with Crippen molar-refractivity contribution in [2.24, 2.45) is 0 Å². The Hall–Kier alpha value is -2.59. The number of rotatable bonds is 4. The van der Waals surface area contributed by atoms with E-state index in [9.17, 15) is 0 Å². The molecule has 27 heavy (non-hydrogen) atoms. The van der Waals surface area contributed by atoms with Crippen LogP contribution in [0.25, 0.3) is 31.9 Å². The molecule has 0 atom stereocenters. The lowest BCUT2D eigenvalue weighted by molar-refractivity contribution is 0.835. The summed E-state index contributed by atoms with van der Waals surface area (Å²) in [6, 6.07) is 15.0. The van der Waals surface area contributed by atoms with Gasteiger partial charge >= 0.3 is 0 Å². The summed E-state index contributed by atoms with van der Waals surface area (Å²) in [5.74, 6) is 1.61. The van der Waals surface area contributed by atoms with Crippen molar-refractivity contribution in [2.75, 3.05) is 5.73 Å². The van der Waals surface area contributed by atoms with Crippen molar-refractivity contribution in [3.63, 3.8) is 0 Å². The molecule has 0 unspecified atom stereocenters. The summed E-state index contributed by atoms with van der Waals surface area (Å²) in [7, 11) is 0. The Morgan fingerprint density at radius 2 is 1.74 bits per heavy atom. The minimum atomic E-state index is 0.429. The number of benzene rings is 2. The fourth-order valence-electron chi connectivity index (χ4n) is 3.52. The molecular formula is C23H25N3S. The highest BCUT2D eigenvalue weighted by Gasteiger charge is 2.20. The van der Waals surface area contributed by atoms with Crippen molar-refractivity contribution < 1.29 is 0 Å². The molecule has 3 N–H and O–H groups in total. The number of anilines is 1. The Balaban J connectivity index is 1.92. The average Bonchev–Trinajstić information content (AvgIpc) is 3.23. The zero-order valence-corrected chi connectivity index (χ0v) is 17.0. The van der Waals surface area contributed by atoms with Crippen LogP contribution in [0.3, 0.4) is 0 Å². The van der Waals surface area contributed by atoms with Crippen molar-refractivity contribution in [2.45, 2.75) is 39.5 Å². The molecule has 4 aromatic rings. The van der Waals surface area contributed by atoms with E-state index in [2.05, 4.69) is 63.0 Å². The van der Waals surface area contributed by atoms with Crippen LogP contribution in [0.4, 0.5) is 5.82 Å². The number of H-pyrrole nitrogens is 1. The van der Waals surface area contributed by atoms with Crippen LogP contribution in [-0.2, 0) is 0 Å². The third-order valence-corrected chi connectivity index (χ3v) is 6.13. The Bertz CT molecular complexity index is 1070. The summed E-state index contributed by atoms with van der Waals surface area (Å²) in [6.07, 6.45) is 2.02. The van der Waals surface area contributed by atoms with E-state index in [4.69, 9.17) is 10.7 Å². The molecule has 0 amide bonds. The minimum Gasteiger partial charge on any atom is -0.385 e. The molecule has 2 aromatic carbocycles. The summed E-state index contributed by atoms with van der Waals surface area (Å²) in [4.78, 5) is 8.07. The van der Waals surface area contributed by atoms with Crippen LogP contribution >= 0.6 is 11.3 Å². The molecule has 2 heterocycles. The van der Waals surface area contributed by atoms with Gasteiger partial charge in [-0.15, -0.1) is 11.3 Å². The molecule has 3 nitrogen and oxygen atoms in total. The first-order chi connectivity index (χ1) is 13.0. The fourth-order valence-corrected chi connectivity index (χ4v) is 4.56. The minimum absolute atomic E-state index is 0.429. The highest BCUT2D eigenvalue weighted by atomic mass is 32.1. The second kappa shape index (κ2) is 6.86. The molecule has 0 aliphatic rings. The Labute approximate surface area is 164 Å².